The maximum atomic E-state index is 13.0. The molecule has 9 heteroatoms. The lowest BCUT2D eigenvalue weighted by Gasteiger charge is -2.33. The fourth-order valence-corrected chi connectivity index (χ4v) is 6.80. The highest BCUT2D eigenvalue weighted by atomic mass is 32.2. The smallest absolute Gasteiger partial charge is 0.350 e. The van der Waals surface area contributed by atoms with E-state index in [1.54, 1.807) is 4.90 Å². The third kappa shape index (κ3) is 4.40. The molecule has 4 rings (SSSR count). The van der Waals surface area contributed by atoms with E-state index >= 15 is 0 Å². The van der Waals surface area contributed by atoms with Gasteiger partial charge < -0.3 is 14.2 Å². The molecule has 7 nitrogen and oxygen atoms in total. The predicted molar refractivity (Wildman–Crippen MR) is 110 cm³/mol. The third-order valence-corrected chi connectivity index (χ3v) is 8.28. The Morgan fingerprint density at radius 2 is 1.86 bits per heavy atom. The van der Waals surface area contributed by atoms with Gasteiger partial charge in [0.1, 0.15) is 4.88 Å². The number of hydrogen-bond acceptors (Lipinski definition) is 6. The lowest BCUT2D eigenvalue weighted by Crippen LogP contribution is -2.48. The van der Waals surface area contributed by atoms with E-state index in [9.17, 15) is 18.0 Å². The van der Waals surface area contributed by atoms with Gasteiger partial charge in [0.15, 0.2) is 16.4 Å². The van der Waals surface area contributed by atoms with Gasteiger partial charge in [0, 0.05) is 24.5 Å². The molecular formula is C20H24N2O5S2. The van der Waals surface area contributed by atoms with Crippen LogP contribution in [0.2, 0.25) is 0 Å². The maximum Gasteiger partial charge on any atom is 0.350 e. The number of aromatic nitrogens is 1. The number of amides is 1. The zero-order valence-corrected chi connectivity index (χ0v) is 17.7. The van der Waals surface area contributed by atoms with E-state index in [2.05, 4.69) is 0 Å². The van der Waals surface area contributed by atoms with Gasteiger partial charge in [0.05, 0.1) is 17.2 Å². The van der Waals surface area contributed by atoms with Gasteiger partial charge in [-0.2, -0.15) is 0 Å². The lowest BCUT2D eigenvalue weighted by atomic mass is 10.1. The van der Waals surface area contributed by atoms with Crippen molar-refractivity contribution in [2.24, 2.45) is 0 Å². The number of carbonyl (C=O) groups is 2. The van der Waals surface area contributed by atoms with E-state index in [0.29, 0.717) is 17.0 Å². The van der Waals surface area contributed by atoms with Gasteiger partial charge in [0.2, 0.25) is 0 Å². The van der Waals surface area contributed by atoms with Gasteiger partial charge in [-0.1, -0.05) is 12.8 Å². The van der Waals surface area contributed by atoms with Crippen LogP contribution in [-0.4, -0.2) is 60.0 Å². The van der Waals surface area contributed by atoms with Crippen LogP contribution in [0, 0.1) is 0 Å². The molecular weight excluding hydrogens is 412 g/mol. The molecule has 1 aliphatic carbocycles. The van der Waals surface area contributed by atoms with Crippen molar-refractivity contribution in [1.82, 2.24) is 9.47 Å². The molecule has 0 aromatic carbocycles. The Balaban J connectivity index is 1.44. The minimum atomic E-state index is -3.10. The Hall–Kier alpha value is -2.13. The van der Waals surface area contributed by atoms with E-state index in [0.717, 1.165) is 25.7 Å². The van der Waals surface area contributed by atoms with E-state index in [4.69, 9.17) is 4.74 Å². The molecule has 2 aliphatic rings. The molecule has 29 heavy (non-hydrogen) atoms. The van der Waals surface area contributed by atoms with Crippen molar-refractivity contribution in [1.29, 1.82) is 0 Å². The molecule has 1 aliphatic heterocycles. The number of carbonyl (C=O) groups excluding carboxylic acids is 2. The highest BCUT2D eigenvalue weighted by Gasteiger charge is 2.39. The second-order valence-electron chi connectivity index (χ2n) is 7.60. The molecule has 1 saturated carbocycles. The summed E-state index contributed by atoms with van der Waals surface area (Å²) in [5.41, 5.74) is 0.715. The minimum Gasteiger partial charge on any atom is -0.451 e. The molecule has 0 spiro atoms. The zero-order chi connectivity index (χ0) is 20.4. The monoisotopic (exact) mass is 436 g/mol. The largest absolute Gasteiger partial charge is 0.451 e. The molecule has 3 heterocycles. The number of esters is 1. The molecule has 1 unspecified atom stereocenters. The fraction of sp³-hybridized carbons (Fsp3) is 0.500. The van der Waals surface area contributed by atoms with Crippen molar-refractivity contribution in [2.75, 3.05) is 18.1 Å². The highest BCUT2D eigenvalue weighted by Crippen LogP contribution is 2.29. The van der Waals surface area contributed by atoms with Crippen LogP contribution in [0.15, 0.2) is 36.0 Å². The molecule has 2 aromatic rings. The molecule has 1 amide bonds. The summed E-state index contributed by atoms with van der Waals surface area (Å²) in [5, 5.41) is 1.81. The first kappa shape index (κ1) is 20.2. The molecule has 1 atom stereocenters. The van der Waals surface area contributed by atoms with Crippen molar-refractivity contribution in [3.8, 4) is 5.69 Å². The first-order valence-corrected chi connectivity index (χ1v) is 12.5. The van der Waals surface area contributed by atoms with E-state index in [-0.39, 0.29) is 36.1 Å². The van der Waals surface area contributed by atoms with Crippen LogP contribution in [-0.2, 0) is 19.4 Å². The Morgan fingerprint density at radius 1 is 1.14 bits per heavy atom. The maximum absolute atomic E-state index is 13.0. The summed E-state index contributed by atoms with van der Waals surface area (Å²) in [5.74, 6) is -0.719. The van der Waals surface area contributed by atoms with Crippen molar-refractivity contribution in [3.05, 3.63) is 40.8 Å². The summed E-state index contributed by atoms with van der Waals surface area (Å²) in [7, 11) is -3.10. The summed E-state index contributed by atoms with van der Waals surface area (Å²) < 4.78 is 31.0. The highest BCUT2D eigenvalue weighted by molar-refractivity contribution is 7.91. The van der Waals surface area contributed by atoms with Crippen LogP contribution in [0.1, 0.15) is 41.8 Å². The number of sulfone groups is 1. The third-order valence-electron chi connectivity index (χ3n) is 5.65. The summed E-state index contributed by atoms with van der Waals surface area (Å²) in [6.45, 7) is -0.366. The number of ether oxygens (including phenoxy) is 1. The first-order valence-electron chi connectivity index (χ1n) is 9.84. The summed E-state index contributed by atoms with van der Waals surface area (Å²) in [4.78, 5) is 27.7. The Labute approximate surface area is 174 Å². The Bertz CT molecular complexity index is 974. The van der Waals surface area contributed by atoms with Crippen molar-refractivity contribution in [3.63, 3.8) is 0 Å². The standard InChI is InChI=1S/C20H24N2O5S2/c23-18(22(15-5-1-2-6-15)16-8-12-29(25,26)14-16)13-27-20(24)19-17(7-11-28-19)21-9-3-4-10-21/h3-4,7,9-11,15-16H,1-2,5-6,8,12-14H2. The van der Waals surface area contributed by atoms with Crippen LogP contribution >= 0.6 is 11.3 Å². The van der Waals surface area contributed by atoms with Gasteiger partial charge in [-0.15, -0.1) is 11.3 Å². The van der Waals surface area contributed by atoms with E-state index in [1.807, 2.05) is 40.5 Å². The van der Waals surface area contributed by atoms with Gasteiger partial charge in [-0.25, -0.2) is 13.2 Å². The number of thiophene rings is 1. The SMILES string of the molecule is O=C(OCC(=O)N(C1CCCC1)C1CCS(=O)(=O)C1)c1sccc1-n1cccc1. The molecule has 2 fully saturated rings. The van der Waals surface area contributed by atoms with Crippen LogP contribution in [0.4, 0.5) is 0 Å². The second kappa shape index (κ2) is 8.31. The van der Waals surface area contributed by atoms with Gasteiger partial charge in [-0.05, 0) is 42.8 Å². The van der Waals surface area contributed by atoms with Gasteiger partial charge in [-0.3, -0.25) is 4.79 Å². The Morgan fingerprint density at radius 3 is 2.52 bits per heavy atom. The van der Waals surface area contributed by atoms with E-state index < -0.39 is 15.8 Å². The van der Waals surface area contributed by atoms with Crippen molar-refractivity contribution < 1.29 is 22.7 Å². The van der Waals surface area contributed by atoms with Crippen LogP contribution < -0.4 is 0 Å². The van der Waals surface area contributed by atoms with Crippen molar-refractivity contribution >= 4 is 33.1 Å². The molecule has 0 N–H and O–H groups in total. The normalized spacial score (nSPS) is 21.3. The second-order valence-corrected chi connectivity index (χ2v) is 10.7. The molecule has 0 radical (unpaired) electrons. The molecule has 1 saturated heterocycles. The quantitative estimate of drug-likeness (QED) is 0.650. The van der Waals surface area contributed by atoms with E-state index in [1.165, 1.54) is 11.3 Å². The number of nitrogens with zero attached hydrogens (tertiary/aromatic N) is 2. The number of hydrogen-bond donors (Lipinski definition) is 0. The Kier molecular flexibility index (Phi) is 5.78. The average molecular weight is 437 g/mol. The minimum absolute atomic E-state index is 0.00584. The van der Waals surface area contributed by atoms with Gasteiger partial charge in [0.25, 0.3) is 5.91 Å². The summed E-state index contributed by atoms with van der Waals surface area (Å²) >= 11 is 1.27. The lowest BCUT2D eigenvalue weighted by molar-refractivity contribution is -0.139. The number of rotatable bonds is 6. The van der Waals surface area contributed by atoms with Gasteiger partial charge >= 0.3 is 5.97 Å². The van der Waals surface area contributed by atoms with Crippen molar-refractivity contribution in [2.45, 2.75) is 44.2 Å². The first-order chi connectivity index (χ1) is 13.9. The average Bonchev–Trinajstić information content (AvgIpc) is 3.46. The fourth-order valence-electron chi connectivity index (χ4n) is 4.30. The summed E-state index contributed by atoms with van der Waals surface area (Å²) in [6, 6.07) is 5.29. The van der Waals surface area contributed by atoms with Crippen LogP contribution in [0.25, 0.3) is 5.69 Å². The topological polar surface area (TPSA) is 85.7 Å². The van der Waals surface area contributed by atoms with Crippen LogP contribution in [0.5, 0.6) is 0 Å². The molecule has 2 aromatic heterocycles. The molecule has 156 valence electrons. The zero-order valence-electron chi connectivity index (χ0n) is 16.0. The summed E-state index contributed by atoms with van der Waals surface area (Å²) in [6.07, 6.45) is 7.95. The van der Waals surface area contributed by atoms with Crippen LogP contribution in [0.3, 0.4) is 0 Å². The predicted octanol–water partition coefficient (Wildman–Crippen LogP) is 2.65. The molecule has 0 bridgehead atoms.